The lowest BCUT2D eigenvalue weighted by Gasteiger charge is -2.48. The van der Waals surface area contributed by atoms with Gasteiger partial charge in [0, 0.05) is 43.8 Å². The molecule has 1 aromatic carbocycles. The van der Waals surface area contributed by atoms with E-state index in [-0.39, 0.29) is 17.0 Å². The van der Waals surface area contributed by atoms with Crippen LogP contribution in [0.25, 0.3) is 0 Å². The van der Waals surface area contributed by atoms with Gasteiger partial charge in [0.25, 0.3) is 0 Å². The van der Waals surface area contributed by atoms with Crippen molar-refractivity contribution in [2.24, 2.45) is 5.92 Å². The maximum atomic E-state index is 12.5. The van der Waals surface area contributed by atoms with Crippen LogP contribution in [0.15, 0.2) is 42.0 Å². The number of allylic oxidation sites excluding steroid dienone is 1. The number of hydrogen-bond donors (Lipinski definition) is 3. The molecule has 8 unspecified atom stereocenters. The van der Waals surface area contributed by atoms with Crippen LogP contribution in [0.3, 0.4) is 0 Å². The van der Waals surface area contributed by atoms with E-state index in [1.54, 1.807) is 7.11 Å². The first-order valence-electron chi connectivity index (χ1n) is 14.4. The maximum absolute atomic E-state index is 12.5. The number of aliphatic hydroxyl groups excluding tert-OH is 1. The van der Waals surface area contributed by atoms with E-state index in [2.05, 4.69) is 24.5 Å². The van der Waals surface area contributed by atoms with Gasteiger partial charge in [-0.3, -0.25) is 4.79 Å². The van der Waals surface area contributed by atoms with Crippen LogP contribution in [-0.2, 0) is 45.2 Å². The molecule has 0 aromatic heterocycles. The zero-order valence-electron chi connectivity index (χ0n) is 26.4. The average Bonchev–Trinajstić information content (AvgIpc) is 3.62. The Labute approximate surface area is 271 Å². The Morgan fingerprint density at radius 1 is 1.22 bits per heavy atom. The smallest absolute Gasteiger partial charge is 0.432 e. The first kappa shape index (κ1) is 38.5. The van der Waals surface area contributed by atoms with E-state index in [0.29, 0.717) is 23.0 Å². The molecule has 1 heterocycles. The topological polar surface area (TPSA) is 186 Å². The lowest BCUT2D eigenvalue weighted by molar-refractivity contribution is -0.307. The number of carbonyl (C=O) groups is 4. The number of methoxy groups -OCH3 is 1. The fourth-order valence-corrected chi connectivity index (χ4v) is 7.81. The van der Waals surface area contributed by atoms with E-state index < -0.39 is 65.8 Å². The number of aliphatic hydroxyl groups is 2. The number of carbonyl (C=O) groups excluding carboxylic acids is 3. The fourth-order valence-electron chi connectivity index (χ4n) is 5.72. The van der Waals surface area contributed by atoms with Gasteiger partial charge in [-0.05, 0) is 50.9 Å². The van der Waals surface area contributed by atoms with E-state index in [9.17, 15) is 29.4 Å². The minimum atomic E-state index is -1.85. The fraction of sp³-hybridized carbons (Fsp3) is 0.613. The second kappa shape index (κ2) is 16.8. The van der Waals surface area contributed by atoms with E-state index >= 15 is 0 Å². The molecule has 1 aromatic rings. The molecule has 1 saturated carbocycles. The highest BCUT2D eigenvalue weighted by molar-refractivity contribution is 7.95. The second-order valence-corrected chi connectivity index (χ2v) is 14.3. The van der Waals surface area contributed by atoms with Gasteiger partial charge in [-0.15, -0.1) is 0 Å². The summed E-state index contributed by atoms with van der Waals surface area (Å²) in [7, 11) is 1.44. The largest absolute Gasteiger partial charge is 0.550 e. The second-order valence-electron chi connectivity index (χ2n) is 11.8. The number of rotatable bonds is 12. The van der Waals surface area contributed by atoms with E-state index in [0.717, 1.165) is 12.2 Å². The molecule has 2 fully saturated rings. The van der Waals surface area contributed by atoms with Crippen molar-refractivity contribution in [1.29, 1.82) is 0 Å². The van der Waals surface area contributed by atoms with Crippen molar-refractivity contribution in [3.05, 3.63) is 47.5 Å². The molecule has 0 radical (unpaired) electrons. The summed E-state index contributed by atoms with van der Waals surface area (Å²) in [6.45, 7) is 7.29. The Morgan fingerprint density at radius 3 is 2.33 bits per heavy atom. The Morgan fingerprint density at radius 2 is 1.84 bits per heavy atom. The summed E-state index contributed by atoms with van der Waals surface area (Å²) >= 11 is 5.80. The normalized spacial score (nSPS) is 28.4. The molecule has 45 heavy (non-hydrogen) atoms. The minimum Gasteiger partial charge on any atom is -0.550 e. The molecule has 252 valence electrons. The number of benzene rings is 1. The number of nitrogens with zero attached hydrogens (tertiary/aromatic N) is 1. The predicted octanol–water partition coefficient (Wildman–Crippen LogP) is 2.18. The summed E-state index contributed by atoms with van der Waals surface area (Å²) in [4.78, 5) is 43.3. The van der Waals surface area contributed by atoms with Crippen LogP contribution < -0.4 is 5.11 Å². The van der Waals surface area contributed by atoms with Crippen LogP contribution in [0, 0.1) is 5.92 Å². The summed E-state index contributed by atoms with van der Waals surface area (Å²) in [5.41, 5.74) is 0.707. The van der Waals surface area contributed by atoms with Gasteiger partial charge >= 0.3 is 12.1 Å². The standard InChI is InChI=1S/C27H39ClNO6S.C4H6O5/c1-18(2)12-13-22-26(4,35-22)24-23(33-5)21(34-25(31)29(28)19(3)30)14-15-27(24,32)17-36(6)16-20-10-8-7-9-11-20;5-2(4(8)9)1-3(6)7/h7-12,21-24,32H,13-17H2,1-6H3;2,5H,1H2,(H,6,7)(H,8,9)/q+1;/p-1. The number of epoxide rings is 1. The number of hydrogen-bond acceptors (Lipinski definition) is 10. The van der Waals surface area contributed by atoms with Gasteiger partial charge < -0.3 is 39.4 Å². The van der Waals surface area contributed by atoms with Gasteiger partial charge in [0.05, 0.1) is 18.3 Å². The molecular formula is C31H44ClNO11S. The van der Waals surface area contributed by atoms with Crippen molar-refractivity contribution in [2.45, 2.75) is 94.7 Å². The lowest BCUT2D eigenvalue weighted by Crippen LogP contribution is -2.62. The third kappa shape index (κ3) is 11.0. The number of carboxylic acid groups (broad SMARTS) is 2. The molecule has 1 aliphatic carbocycles. The average molecular weight is 674 g/mol. The Balaban J connectivity index is 0.000000681. The van der Waals surface area contributed by atoms with Crippen molar-refractivity contribution >= 4 is 46.6 Å². The van der Waals surface area contributed by atoms with E-state index in [1.807, 2.05) is 39.0 Å². The lowest BCUT2D eigenvalue weighted by atomic mass is 9.66. The van der Waals surface area contributed by atoms with Crippen molar-refractivity contribution in [3.63, 3.8) is 0 Å². The molecule has 3 N–H and O–H groups in total. The molecule has 3 rings (SSSR count). The molecule has 0 bridgehead atoms. The molecule has 12 nitrogen and oxygen atoms in total. The van der Waals surface area contributed by atoms with Gasteiger partial charge in [-0.2, -0.15) is 4.42 Å². The minimum absolute atomic E-state index is 0.0782. The van der Waals surface area contributed by atoms with Crippen LogP contribution in [0.1, 0.15) is 58.9 Å². The van der Waals surface area contributed by atoms with Crippen LogP contribution in [0.2, 0.25) is 0 Å². The zero-order valence-corrected chi connectivity index (χ0v) is 28.0. The van der Waals surface area contributed by atoms with Crippen LogP contribution in [0.5, 0.6) is 0 Å². The Kier molecular flexibility index (Phi) is 14.3. The first-order valence-corrected chi connectivity index (χ1v) is 16.7. The van der Waals surface area contributed by atoms with E-state index in [1.165, 1.54) is 18.1 Å². The van der Waals surface area contributed by atoms with Crippen LogP contribution in [-0.4, -0.2) is 98.4 Å². The third-order valence-corrected chi connectivity index (χ3v) is 10.0. The summed E-state index contributed by atoms with van der Waals surface area (Å²) in [6.07, 6.45) is 0.799. The first-order chi connectivity index (χ1) is 20.9. The van der Waals surface area contributed by atoms with Crippen molar-refractivity contribution in [2.75, 3.05) is 19.1 Å². The van der Waals surface area contributed by atoms with E-state index in [4.69, 9.17) is 36.2 Å². The monoisotopic (exact) mass is 673 g/mol. The van der Waals surface area contributed by atoms with Crippen LogP contribution >= 0.6 is 11.8 Å². The zero-order chi connectivity index (χ0) is 34.1. The van der Waals surface area contributed by atoms with Crippen LogP contribution in [0.4, 0.5) is 4.79 Å². The van der Waals surface area contributed by atoms with Crippen molar-refractivity contribution in [1.82, 2.24) is 4.42 Å². The van der Waals surface area contributed by atoms with Gasteiger partial charge in [-0.1, -0.05) is 42.0 Å². The highest BCUT2D eigenvalue weighted by Gasteiger charge is 2.68. The third-order valence-electron chi connectivity index (χ3n) is 7.83. The molecule has 14 heteroatoms. The summed E-state index contributed by atoms with van der Waals surface area (Å²) < 4.78 is 18.2. The number of carboxylic acids is 2. The number of halogens is 1. The van der Waals surface area contributed by atoms with Crippen molar-refractivity contribution < 1.29 is 53.8 Å². The summed E-state index contributed by atoms with van der Waals surface area (Å²) in [5.74, 6) is -2.76. The molecule has 8 atom stereocenters. The van der Waals surface area contributed by atoms with Crippen molar-refractivity contribution in [3.8, 4) is 0 Å². The summed E-state index contributed by atoms with van der Waals surface area (Å²) in [5, 5.41) is 37.9. The molecule has 2 amide bonds. The molecular weight excluding hydrogens is 630 g/mol. The highest BCUT2D eigenvalue weighted by atomic mass is 35.5. The number of ether oxygens (including phenoxy) is 3. The maximum Gasteiger partial charge on any atom is 0.432 e. The SMILES string of the molecule is COC1C(OC(=O)N(Cl)C(C)=O)CCC(O)(C[S+](C)Cc2ccccc2)C1C1(C)OC1CC=C(C)C.O=C([O-])CC(O)C(=O)O. The quantitative estimate of drug-likeness (QED) is 0.128. The molecule has 1 saturated heterocycles. The van der Waals surface area contributed by atoms with Gasteiger partial charge in [0.2, 0.25) is 5.91 Å². The Hall–Kier alpha value is -2.68. The van der Waals surface area contributed by atoms with Gasteiger partial charge in [0.1, 0.15) is 34.9 Å². The number of imide groups is 1. The number of amides is 2. The number of aliphatic carboxylic acids is 2. The predicted molar refractivity (Wildman–Crippen MR) is 166 cm³/mol. The molecule has 0 spiro atoms. The Bertz CT molecular complexity index is 1210. The highest BCUT2D eigenvalue weighted by Crippen LogP contribution is 2.55. The molecule has 1 aliphatic heterocycles. The van der Waals surface area contributed by atoms with Gasteiger partial charge in [0.15, 0.2) is 6.10 Å². The van der Waals surface area contributed by atoms with Gasteiger partial charge in [-0.25, -0.2) is 9.59 Å². The molecule has 2 aliphatic rings. The summed E-state index contributed by atoms with van der Waals surface area (Å²) in [6, 6.07) is 10.3.